The molecule has 0 saturated carbocycles. The van der Waals surface area contributed by atoms with Crippen LogP contribution in [0.4, 0.5) is 11.5 Å². The van der Waals surface area contributed by atoms with Crippen LogP contribution < -0.4 is 10.2 Å². The van der Waals surface area contributed by atoms with Gasteiger partial charge in [0.05, 0.1) is 11.4 Å². The van der Waals surface area contributed by atoms with Crippen LogP contribution in [0.5, 0.6) is 0 Å². The van der Waals surface area contributed by atoms with Crippen LogP contribution in [0, 0.1) is 6.92 Å². The Morgan fingerprint density at radius 1 is 1.27 bits per heavy atom. The lowest BCUT2D eigenvalue weighted by molar-refractivity contribution is 0.646. The summed E-state index contributed by atoms with van der Waals surface area (Å²) >= 11 is 0. The van der Waals surface area contributed by atoms with Gasteiger partial charge in [-0.15, -0.1) is 0 Å². The molecule has 0 radical (unpaired) electrons. The summed E-state index contributed by atoms with van der Waals surface area (Å²) in [4.78, 5) is 14.3. The van der Waals surface area contributed by atoms with Crippen molar-refractivity contribution in [3.63, 3.8) is 0 Å². The molecule has 2 aromatic heterocycles. The van der Waals surface area contributed by atoms with Crippen molar-refractivity contribution in [3.05, 3.63) is 47.9 Å². The molecular formula is C17H19N5. The highest BCUT2D eigenvalue weighted by atomic mass is 15.1. The maximum atomic E-state index is 4.47. The molecule has 0 aliphatic carbocycles. The number of benzene rings is 1. The maximum Gasteiger partial charge on any atom is 0.143 e. The van der Waals surface area contributed by atoms with Crippen LogP contribution in [0.25, 0.3) is 11.0 Å². The van der Waals surface area contributed by atoms with Crippen LogP contribution in [0.1, 0.15) is 23.6 Å². The minimum Gasteiger partial charge on any atom is -0.374 e. The summed E-state index contributed by atoms with van der Waals surface area (Å²) in [5.74, 6) is 0.910. The second kappa shape index (κ2) is 5.02. The third-order valence-electron chi connectivity index (χ3n) is 4.45. The smallest absolute Gasteiger partial charge is 0.143 e. The van der Waals surface area contributed by atoms with Crippen molar-refractivity contribution in [1.29, 1.82) is 0 Å². The van der Waals surface area contributed by atoms with Crippen molar-refractivity contribution >= 4 is 22.5 Å². The number of rotatable bonds is 2. The van der Waals surface area contributed by atoms with Crippen molar-refractivity contribution in [3.8, 4) is 0 Å². The Labute approximate surface area is 129 Å². The third kappa shape index (κ3) is 2.01. The largest absolute Gasteiger partial charge is 0.374 e. The van der Waals surface area contributed by atoms with Gasteiger partial charge in [0.2, 0.25) is 0 Å². The lowest BCUT2D eigenvalue weighted by atomic mass is 9.96. The highest BCUT2D eigenvalue weighted by molar-refractivity contribution is 5.90. The summed E-state index contributed by atoms with van der Waals surface area (Å²) < 4.78 is 0. The summed E-state index contributed by atoms with van der Waals surface area (Å²) in [5.41, 5.74) is 4.68. The number of nitrogens with zero attached hydrogens (tertiary/aromatic N) is 3. The molecule has 1 unspecified atom stereocenters. The van der Waals surface area contributed by atoms with Gasteiger partial charge < -0.3 is 15.2 Å². The van der Waals surface area contributed by atoms with E-state index in [1.807, 2.05) is 6.20 Å². The lowest BCUT2D eigenvalue weighted by Crippen LogP contribution is -2.30. The molecule has 0 fully saturated rings. The maximum absolute atomic E-state index is 4.47. The van der Waals surface area contributed by atoms with Gasteiger partial charge in [0.25, 0.3) is 0 Å². The van der Waals surface area contributed by atoms with Crippen molar-refractivity contribution in [2.24, 2.45) is 0 Å². The monoisotopic (exact) mass is 293 g/mol. The molecule has 3 heterocycles. The van der Waals surface area contributed by atoms with E-state index >= 15 is 0 Å². The Bertz CT molecular complexity index is 823. The van der Waals surface area contributed by atoms with Crippen LogP contribution in [-0.4, -0.2) is 28.5 Å². The number of aromatic nitrogens is 3. The molecule has 1 aliphatic rings. The van der Waals surface area contributed by atoms with E-state index in [0.29, 0.717) is 0 Å². The van der Waals surface area contributed by atoms with Gasteiger partial charge in [-0.1, -0.05) is 18.2 Å². The molecule has 1 aromatic carbocycles. The SMILES string of the molecule is Cc1c[nH]c2ncnc(NC3CCN(C)c4ccccc43)c12. The lowest BCUT2D eigenvalue weighted by Gasteiger charge is -2.33. The van der Waals surface area contributed by atoms with E-state index in [4.69, 9.17) is 0 Å². The zero-order chi connectivity index (χ0) is 15.1. The van der Waals surface area contributed by atoms with Gasteiger partial charge in [-0.25, -0.2) is 9.97 Å². The fourth-order valence-corrected chi connectivity index (χ4v) is 3.27. The third-order valence-corrected chi connectivity index (χ3v) is 4.45. The molecular weight excluding hydrogens is 274 g/mol. The Hall–Kier alpha value is -2.56. The van der Waals surface area contributed by atoms with Crippen LogP contribution in [-0.2, 0) is 0 Å². The standard InChI is InChI=1S/C17H19N5/c1-11-9-18-16-15(11)17(20-10-19-16)21-13-7-8-22(2)14-6-4-3-5-12(13)14/h3-6,9-10,13H,7-8H2,1-2H3,(H2,18,19,20,21). The number of fused-ring (bicyclic) bond motifs is 2. The number of hydrogen-bond acceptors (Lipinski definition) is 4. The second-order valence-corrected chi connectivity index (χ2v) is 5.88. The van der Waals surface area contributed by atoms with Gasteiger partial charge in [0.15, 0.2) is 0 Å². The van der Waals surface area contributed by atoms with E-state index in [-0.39, 0.29) is 6.04 Å². The molecule has 1 aliphatic heterocycles. The van der Waals surface area contributed by atoms with Gasteiger partial charge >= 0.3 is 0 Å². The van der Waals surface area contributed by atoms with Gasteiger partial charge in [-0.05, 0) is 30.5 Å². The number of nitrogens with one attached hydrogen (secondary N) is 2. The highest BCUT2D eigenvalue weighted by Crippen LogP contribution is 2.36. The minimum absolute atomic E-state index is 0.278. The normalized spacial score (nSPS) is 17.5. The molecule has 0 bridgehead atoms. The number of para-hydroxylation sites is 1. The molecule has 5 heteroatoms. The molecule has 112 valence electrons. The molecule has 5 nitrogen and oxygen atoms in total. The van der Waals surface area contributed by atoms with Crippen LogP contribution in [0.2, 0.25) is 0 Å². The zero-order valence-corrected chi connectivity index (χ0v) is 12.8. The fraction of sp³-hybridized carbons (Fsp3) is 0.294. The summed E-state index contributed by atoms with van der Waals surface area (Å²) in [6, 6.07) is 8.85. The Balaban J connectivity index is 1.75. The molecule has 22 heavy (non-hydrogen) atoms. The summed E-state index contributed by atoms with van der Waals surface area (Å²) in [6.45, 7) is 3.12. The number of aryl methyl sites for hydroxylation is 1. The van der Waals surface area contributed by atoms with E-state index in [1.54, 1.807) is 6.33 Å². The van der Waals surface area contributed by atoms with Gasteiger partial charge in [0, 0.05) is 25.5 Å². The average Bonchev–Trinajstić information content (AvgIpc) is 2.93. The first-order valence-corrected chi connectivity index (χ1v) is 7.59. The van der Waals surface area contributed by atoms with Crippen molar-refractivity contribution in [1.82, 2.24) is 15.0 Å². The number of aromatic amines is 1. The molecule has 0 amide bonds. The van der Waals surface area contributed by atoms with E-state index < -0.39 is 0 Å². The first-order chi connectivity index (χ1) is 10.7. The van der Waals surface area contributed by atoms with Gasteiger partial charge in [-0.3, -0.25) is 0 Å². The van der Waals surface area contributed by atoms with Gasteiger partial charge in [-0.2, -0.15) is 0 Å². The summed E-state index contributed by atoms with van der Waals surface area (Å²) in [6.07, 6.45) is 4.65. The fourth-order valence-electron chi connectivity index (χ4n) is 3.27. The topological polar surface area (TPSA) is 56.8 Å². The minimum atomic E-state index is 0.278. The van der Waals surface area contributed by atoms with Crippen LogP contribution in [0.15, 0.2) is 36.8 Å². The van der Waals surface area contributed by atoms with Gasteiger partial charge in [0.1, 0.15) is 17.8 Å². The van der Waals surface area contributed by atoms with Crippen molar-refractivity contribution in [2.75, 3.05) is 23.8 Å². The summed E-state index contributed by atoms with van der Waals surface area (Å²) in [5, 5.41) is 4.71. The van der Waals surface area contributed by atoms with E-state index in [2.05, 4.69) is 63.4 Å². The first-order valence-electron chi connectivity index (χ1n) is 7.59. The molecule has 4 rings (SSSR count). The number of anilines is 2. The Kier molecular flexibility index (Phi) is 2.99. The van der Waals surface area contributed by atoms with Crippen LogP contribution in [0.3, 0.4) is 0 Å². The first kappa shape index (κ1) is 13.1. The van der Waals surface area contributed by atoms with Crippen LogP contribution >= 0.6 is 0 Å². The quantitative estimate of drug-likeness (QED) is 0.761. The predicted octanol–water partition coefficient (Wildman–Crippen LogP) is 3.26. The van der Waals surface area contributed by atoms with Crippen molar-refractivity contribution < 1.29 is 0 Å². The molecule has 2 N–H and O–H groups in total. The molecule has 0 saturated heterocycles. The average molecular weight is 293 g/mol. The van der Waals surface area contributed by atoms with E-state index in [9.17, 15) is 0 Å². The Morgan fingerprint density at radius 3 is 3.05 bits per heavy atom. The second-order valence-electron chi connectivity index (χ2n) is 5.88. The predicted molar refractivity (Wildman–Crippen MR) is 89.3 cm³/mol. The molecule has 1 atom stereocenters. The zero-order valence-electron chi connectivity index (χ0n) is 12.8. The van der Waals surface area contributed by atoms with E-state index in [1.165, 1.54) is 16.8 Å². The number of H-pyrrole nitrogens is 1. The summed E-state index contributed by atoms with van der Waals surface area (Å²) in [7, 11) is 2.15. The van der Waals surface area contributed by atoms with E-state index in [0.717, 1.165) is 29.8 Å². The molecule has 3 aromatic rings. The molecule has 0 spiro atoms. The highest BCUT2D eigenvalue weighted by Gasteiger charge is 2.23. The Morgan fingerprint density at radius 2 is 2.14 bits per heavy atom. The number of hydrogen-bond donors (Lipinski definition) is 2. The van der Waals surface area contributed by atoms with Crippen molar-refractivity contribution in [2.45, 2.75) is 19.4 Å².